The van der Waals surface area contributed by atoms with Crippen LogP contribution in [0.3, 0.4) is 0 Å². The molecule has 0 saturated heterocycles. The van der Waals surface area contributed by atoms with Crippen LogP contribution in [0, 0.1) is 13.8 Å². The van der Waals surface area contributed by atoms with Gasteiger partial charge in [-0.15, -0.1) is 0 Å². The average molecular weight is 434 g/mol. The highest BCUT2D eigenvalue weighted by Gasteiger charge is 2.19. The number of halogens is 2. The molecule has 21 heavy (non-hydrogen) atoms. The van der Waals surface area contributed by atoms with E-state index in [0.29, 0.717) is 25.9 Å². The quantitative estimate of drug-likeness (QED) is 0.712. The van der Waals surface area contributed by atoms with Crippen LogP contribution >= 0.6 is 31.9 Å². The number of hydrogen-bond acceptors (Lipinski definition) is 3. The first-order valence-corrected chi connectivity index (χ1v) is 9.12. The van der Waals surface area contributed by atoms with Gasteiger partial charge >= 0.3 is 0 Å². The van der Waals surface area contributed by atoms with E-state index in [2.05, 4.69) is 36.6 Å². The molecule has 0 aliphatic rings. The summed E-state index contributed by atoms with van der Waals surface area (Å²) in [6.07, 6.45) is 0. The lowest BCUT2D eigenvalue weighted by molar-refractivity contribution is 0.600. The molecule has 0 aliphatic carbocycles. The Morgan fingerprint density at radius 3 is 2.33 bits per heavy atom. The summed E-state index contributed by atoms with van der Waals surface area (Å²) >= 11 is 6.64. The highest BCUT2D eigenvalue weighted by Crippen LogP contribution is 2.30. The first-order valence-electron chi connectivity index (χ1n) is 6.05. The third-order valence-electron chi connectivity index (χ3n) is 2.95. The molecule has 0 spiro atoms. The summed E-state index contributed by atoms with van der Waals surface area (Å²) in [5.74, 6) is 0. The third kappa shape index (κ3) is 3.59. The van der Waals surface area contributed by atoms with Gasteiger partial charge in [0.25, 0.3) is 10.0 Å². The van der Waals surface area contributed by atoms with E-state index in [1.165, 1.54) is 6.07 Å². The number of aryl methyl sites for hydroxylation is 2. The largest absolute Gasteiger partial charge is 0.398 e. The van der Waals surface area contributed by atoms with Gasteiger partial charge in [0.2, 0.25) is 0 Å². The van der Waals surface area contributed by atoms with Gasteiger partial charge in [-0.1, -0.05) is 6.07 Å². The molecule has 0 saturated carbocycles. The zero-order valence-electron chi connectivity index (χ0n) is 11.4. The van der Waals surface area contributed by atoms with Crippen LogP contribution < -0.4 is 10.5 Å². The van der Waals surface area contributed by atoms with Crippen molar-refractivity contribution in [2.24, 2.45) is 0 Å². The first-order chi connectivity index (χ1) is 9.70. The molecular formula is C14H14Br2N2O2S. The molecule has 7 heteroatoms. The molecule has 2 rings (SSSR count). The van der Waals surface area contributed by atoms with Gasteiger partial charge in [0.1, 0.15) is 0 Å². The van der Waals surface area contributed by atoms with Crippen molar-refractivity contribution in [2.45, 2.75) is 18.7 Å². The SMILES string of the molecule is Cc1ccc(NS(=O)(=O)c2cc(N)c(Br)cc2C)c(Br)c1. The molecule has 0 aliphatic heterocycles. The Kier molecular flexibility index (Phi) is 4.65. The van der Waals surface area contributed by atoms with Gasteiger partial charge in [-0.25, -0.2) is 8.42 Å². The summed E-state index contributed by atoms with van der Waals surface area (Å²) in [6, 6.07) is 8.54. The van der Waals surface area contributed by atoms with Crippen LogP contribution in [0.25, 0.3) is 0 Å². The Bertz CT molecular complexity index is 805. The second-order valence-electron chi connectivity index (χ2n) is 4.73. The topological polar surface area (TPSA) is 72.2 Å². The summed E-state index contributed by atoms with van der Waals surface area (Å²) in [6.45, 7) is 3.66. The van der Waals surface area contributed by atoms with Crippen molar-refractivity contribution in [3.8, 4) is 0 Å². The van der Waals surface area contributed by atoms with E-state index in [1.54, 1.807) is 19.1 Å². The lowest BCUT2D eigenvalue weighted by Gasteiger charge is -2.13. The molecule has 0 heterocycles. The van der Waals surface area contributed by atoms with E-state index in [1.807, 2.05) is 19.1 Å². The molecule has 0 amide bonds. The first kappa shape index (κ1) is 16.3. The molecule has 0 fully saturated rings. The van der Waals surface area contributed by atoms with Crippen molar-refractivity contribution in [1.29, 1.82) is 0 Å². The number of nitrogens with one attached hydrogen (secondary N) is 1. The van der Waals surface area contributed by atoms with E-state index in [0.717, 1.165) is 5.56 Å². The fourth-order valence-electron chi connectivity index (χ4n) is 1.86. The van der Waals surface area contributed by atoms with Crippen LogP contribution in [0.15, 0.2) is 44.2 Å². The maximum absolute atomic E-state index is 12.5. The smallest absolute Gasteiger partial charge is 0.262 e. The molecule has 4 nitrogen and oxygen atoms in total. The standard InChI is InChI=1S/C14H14Br2N2O2S/c1-8-3-4-13(11(16)5-8)18-21(19,20)14-7-12(17)10(15)6-9(14)2/h3-7,18H,17H2,1-2H3. The van der Waals surface area contributed by atoms with Crippen LogP contribution in [-0.4, -0.2) is 8.42 Å². The molecule has 112 valence electrons. The van der Waals surface area contributed by atoms with Crippen LogP contribution in [0.4, 0.5) is 11.4 Å². The van der Waals surface area contributed by atoms with Crippen LogP contribution in [-0.2, 0) is 10.0 Å². The zero-order valence-corrected chi connectivity index (χ0v) is 15.4. The number of nitrogen functional groups attached to an aromatic ring is 1. The summed E-state index contributed by atoms with van der Waals surface area (Å²) in [7, 11) is -3.70. The van der Waals surface area contributed by atoms with E-state index in [4.69, 9.17) is 5.73 Å². The molecule has 0 atom stereocenters. The summed E-state index contributed by atoms with van der Waals surface area (Å²) in [5, 5.41) is 0. The number of anilines is 2. The van der Waals surface area contributed by atoms with E-state index in [9.17, 15) is 8.42 Å². The minimum atomic E-state index is -3.70. The van der Waals surface area contributed by atoms with Crippen LogP contribution in [0.1, 0.15) is 11.1 Å². The zero-order chi connectivity index (χ0) is 15.8. The van der Waals surface area contributed by atoms with Gasteiger partial charge < -0.3 is 5.73 Å². The molecule has 0 aromatic heterocycles. The van der Waals surface area contributed by atoms with Crippen molar-refractivity contribution < 1.29 is 8.42 Å². The molecule has 3 N–H and O–H groups in total. The number of benzene rings is 2. The Balaban J connectivity index is 2.46. The van der Waals surface area contributed by atoms with Crippen molar-refractivity contribution in [2.75, 3.05) is 10.5 Å². The van der Waals surface area contributed by atoms with Gasteiger partial charge in [-0.3, -0.25) is 4.72 Å². The van der Waals surface area contributed by atoms with E-state index >= 15 is 0 Å². The Labute approximate surface area is 141 Å². The molecular weight excluding hydrogens is 420 g/mol. The Hall–Kier alpha value is -1.05. The van der Waals surface area contributed by atoms with Crippen LogP contribution in [0.2, 0.25) is 0 Å². The average Bonchev–Trinajstić information content (AvgIpc) is 2.37. The minimum absolute atomic E-state index is 0.163. The predicted octanol–water partition coefficient (Wildman–Crippen LogP) is 4.21. The van der Waals surface area contributed by atoms with E-state index in [-0.39, 0.29) is 4.90 Å². The molecule has 2 aromatic carbocycles. The summed E-state index contributed by atoms with van der Waals surface area (Å²) < 4.78 is 29.0. The lowest BCUT2D eigenvalue weighted by Crippen LogP contribution is -2.15. The number of sulfonamides is 1. The molecule has 2 aromatic rings. The van der Waals surface area contributed by atoms with Gasteiger partial charge in [0, 0.05) is 14.6 Å². The predicted molar refractivity (Wildman–Crippen MR) is 93.0 cm³/mol. The minimum Gasteiger partial charge on any atom is -0.398 e. The summed E-state index contributed by atoms with van der Waals surface area (Å²) in [4.78, 5) is 0.163. The maximum Gasteiger partial charge on any atom is 0.262 e. The Morgan fingerprint density at radius 1 is 1.05 bits per heavy atom. The van der Waals surface area contributed by atoms with Crippen molar-refractivity contribution in [3.05, 3.63) is 50.4 Å². The monoisotopic (exact) mass is 432 g/mol. The van der Waals surface area contributed by atoms with Gasteiger partial charge in [-0.05, 0) is 81.1 Å². The number of rotatable bonds is 3. The Morgan fingerprint density at radius 2 is 1.71 bits per heavy atom. The second-order valence-corrected chi connectivity index (χ2v) is 8.09. The molecule has 0 bridgehead atoms. The maximum atomic E-state index is 12.5. The number of hydrogen-bond donors (Lipinski definition) is 2. The highest BCUT2D eigenvalue weighted by molar-refractivity contribution is 9.11. The normalized spacial score (nSPS) is 11.4. The van der Waals surface area contributed by atoms with Crippen molar-refractivity contribution in [3.63, 3.8) is 0 Å². The third-order valence-corrected chi connectivity index (χ3v) is 5.80. The second kappa shape index (κ2) is 5.98. The van der Waals surface area contributed by atoms with Gasteiger partial charge in [-0.2, -0.15) is 0 Å². The van der Waals surface area contributed by atoms with E-state index < -0.39 is 10.0 Å². The van der Waals surface area contributed by atoms with Gasteiger partial charge in [0.05, 0.1) is 10.6 Å². The van der Waals surface area contributed by atoms with Gasteiger partial charge in [0.15, 0.2) is 0 Å². The lowest BCUT2D eigenvalue weighted by atomic mass is 10.2. The molecule has 0 radical (unpaired) electrons. The summed E-state index contributed by atoms with van der Waals surface area (Å²) in [5.41, 5.74) is 8.30. The fourth-order valence-corrected chi connectivity index (χ4v) is 4.38. The number of nitrogens with two attached hydrogens (primary N) is 1. The molecule has 0 unspecified atom stereocenters. The highest BCUT2D eigenvalue weighted by atomic mass is 79.9. The van der Waals surface area contributed by atoms with Crippen molar-refractivity contribution >= 4 is 53.3 Å². The fraction of sp³-hybridized carbons (Fsp3) is 0.143. The van der Waals surface area contributed by atoms with Crippen LogP contribution in [0.5, 0.6) is 0 Å². The van der Waals surface area contributed by atoms with Crippen molar-refractivity contribution in [1.82, 2.24) is 0 Å².